The molecule has 0 aliphatic heterocycles. The summed E-state index contributed by atoms with van der Waals surface area (Å²) in [4.78, 5) is 15.1. The van der Waals surface area contributed by atoms with Crippen molar-refractivity contribution in [1.82, 2.24) is 5.48 Å². The van der Waals surface area contributed by atoms with Gasteiger partial charge in [0.05, 0.1) is 19.0 Å². The first-order valence-electron chi connectivity index (χ1n) is 2.81. The molecule has 0 atom stereocenters. The van der Waals surface area contributed by atoms with Gasteiger partial charge >= 0.3 is 0 Å². The lowest BCUT2D eigenvalue weighted by molar-refractivity contribution is -0.131. The molecule has 0 aromatic rings. The van der Waals surface area contributed by atoms with Gasteiger partial charge in [-0.2, -0.15) is 11.8 Å². The summed E-state index contributed by atoms with van der Waals surface area (Å²) in [7, 11) is 0. The van der Waals surface area contributed by atoms with Crippen molar-refractivity contribution >= 4 is 17.7 Å². The van der Waals surface area contributed by atoms with E-state index in [-0.39, 0.29) is 19.1 Å². The van der Waals surface area contributed by atoms with Gasteiger partial charge in [0.25, 0.3) is 5.91 Å². The molecule has 0 heterocycles. The molecule has 0 rings (SSSR count). The summed E-state index contributed by atoms with van der Waals surface area (Å²) in [5.74, 6) is 0.201. The largest absolute Gasteiger partial charge is 0.394 e. The molecule has 60 valence electrons. The fourth-order valence-electron chi connectivity index (χ4n) is 0.338. The van der Waals surface area contributed by atoms with Gasteiger partial charge in [-0.25, -0.2) is 5.48 Å². The van der Waals surface area contributed by atoms with Gasteiger partial charge in [-0.05, 0) is 6.26 Å². The minimum absolute atomic E-state index is 0.0838. The highest BCUT2D eigenvalue weighted by Crippen LogP contribution is 1.88. The van der Waals surface area contributed by atoms with Crippen LogP contribution in [-0.2, 0) is 9.63 Å². The Balaban J connectivity index is 3.05. The van der Waals surface area contributed by atoms with Gasteiger partial charge < -0.3 is 5.11 Å². The lowest BCUT2D eigenvalue weighted by Gasteiger charge is -2.01. The van der Waals surface area contributed by atoms with Crippen molar-refractivity contribution in [3.05, 3.63) is 0 Å². The zero-order chi connectivity index (χ0) is 7.82. The van der Waals surface area contributed by atoms with E-state index in [1.165, 1.54) is 11.8 Å². The van der Waals surface area contributed by atoms with E-state index in [4.69, 9.17) is 5.11 Å². The lowest BCUT2D eigenvalue weighted by Crippen LogP contribution is -2.26. The quantitative estimate of drug-likeness (QED) is 0.421. The number of carbonyl (C=O) groups excluding carboxylic acids is 1. The number of carbonyl (C=O) groups is 1. The maximum Gasteiger partial charge on any atom is 0.253 e. The molecule has 2 N–H and O–H groups in total. The first kappa shape index (κ1) is 9.74. The van der Waals surface area contributed by atoms with Gasteiger partial charge in [-0.15, -0.1) is 0 Å². The minimum atomic E-state index is -0.180. The summed E-state index contributed by atoms with van der Waals surface area (Å²) >= 11 is 1.41. The maximum absolute atomic E-state index is 10.6. The van der Waals surface area contributed by atoms with Crippen LogP contribution in [0.2, 0.25) is 0 Å². The predicted molar refractivity (Wildman–Crippen MR) is 39.6 cm³/mol. The minimum Gasteiger partial charge on any atom is -0.394 e. The third-order valence-electron chi connectivity index (χ3n) is 0.655. The normalized spacial score (nSPS) is 9.40. The number of hydroxylamine groups is 1. The Morgan fingerprint density at radius 1 is 1.80 bits per heavy atom. The van der Waals surface area contributed by atoms with Crippen LogP contribution in [0.3, 0.4) is 0 Å². The molecule has 5 heteroatoms. The molecule has 10 heavy (non-hydrogen) atoms. The van der Waals surface area contributed by atoms with Crippen LogP contribution in [0.15, 0.2) is 0 Å². The molecular weight excluding hydrogens is 154 g/mol. The smallest absolute Gasteiger partial charge is 0.253 e. The zero-order valence-electron chi connectivity index (χ0n) is 5.79. The Morgan fingerprint density at radius 3 is 3.00 bits per heavy atom. The van der Waals surface area contributed by atoms with Gasteiger partial charge in [-0.1, -0.05) is 0 Å². The molecule has 0 aliphatic rings. The Labute approximate surface area is 63.9 Å². The third-order valence-corrected chi connectivity index (χ3v) is 1.21. The molecule has 0 fully saturated rings. The molecule has 4 nitrogen and oxygen atoms in total. The SMILES string of the molecule is CSCC(=O)NOCCO. The van der Waals surface area contributed by atoms with Crippen molar-refractivity contribution < 1.29 is 14.7 Å². The summed E-state index contributed by atoms with van der Waals surface area (Å²) in [5.41, 5.74) is 2.16. The highest BCUT2D eigenvalue weighted by molar-refractivity contribution is 7.99. The number of aliphatic hydroxyl groups is 1. The second-order valence-corrected chi connectivity index (χ2v) is 2.40. The van der Waals surface area contributed by atoms with Crippen LogP contribution in [0.4, 0.5) is 0 Å². The molecule has 0 aromatic carbocycles. The number of aliphatic hydroxyl groups excluding tert-OH is 1. The van der Waals surface area contributed by atoms with Crippen LogP contribution in [0.1, 0.15) is 0 Å². The molecule has 0 saturated carbocycles. The monoisotopic (exact) mass is 165 g/mol. The van der Waals surface area contributed by atoms with Gasteiger partial charge in [0, 0.05) is 0 Å². The molecule has 1 amide bonds. The van der Waals surface area contributed by atoms with E-state index in [1.54, 1.807) is 0 Å². The average molecular weight is 165 g/mol. The molecule has 0 bridgehead atoms. The van der Waals surface area contributed by atoms with Crippen molar-refractivity contribution in [3.8, 4) is 0 Å². The Bertz CT molecular complexity index is 98.9. The van der Waals surface area contributed by atoms with Gasteiger partial charge in [-0.3, -0.25) is 9.63 Å². The Kier molecular flexibility index (Phi) is 6.68. The van der Waals surface area contributed by atoms with Gasteiger partial charge in [0.1, 0.15) is 0 Å². The van der Waals surface area contributed by atoms with Crippen molar-refractivity contribution in [2.24, 2.45) is 0 Å². The second-order valence-electron chi connectivity index (χ2n) is 1.53. The summed E-state index contributed by atoms with van der Waals surface area (Å²) in [6.45, 7) is 0.0552. The van der Waals surface area contributed by atoms with E-state index in [2.05, 4.69) is 10.3 Å². The van der Waals surface area contributed by atoms with Crippen LogP contribution < -0.4 is 5.48 Å². The number of nitrogens with one attached hydrogen (secondary N) is 1. The van der Waals surface area contributed by atoms with E-state index in [0.29, 0.717) is 5.75 Å². The van der Waals surface area contributed by atoms with E-state index >= 15 is 0 Å². The average Bonchev–Trinajstić information content (AvgIpc) is 1.89. The maximum atomic E-state index is 10.6. The van der Waals surface area contributed by atoms with Crippen molar-refractivity contribution in [2.75, 3.05) is 25.2 Å². The predicted octanol–water partition coefficient (Wildman–Crippen LogP) is -0.611. The second kappa shape index (κ2) is 6.85. The highest BCUT2D eigenvalue weighted by Gasteiger charge is 1.96. The summed E-state index contributed by atoms with van der Waals surface area (Å²) in [5, 5.41) is 8.23. The summed E-state index contributed by atoms with van der Waals surface area (Å²) < 4.78 is 0. The van der Waals surface area contributed by atoms with Crippen molar-refractivity contribution in [2.45, 2.75) is 0 Å². The van der Waals surface area contributed by atoms with Crippen LogP contribution in [0, 0.1) is 0 Å². The molecule has 0 aromatic heterocycles. The van der Waals surface area contributed by atoms with E-state index in [0.717, 1.165) is 0 Å². The van der Waals surface area contributed by atoms with Crippen LogP contribution in [0.5, 0.6) is 0 Å². The fourth-order valence-corrected chi connectivity index (χ4v) is 0.659. The van der Waals surface area contributed by atoms with Crippen molar-refractivity contribution in [3.63, 3.8) is 0 Å². The zero-order valence-corrected chi connectivity index (χ0v) is 6.61. The fraction of sp³-hybridized carbons (Fsp3) is 0.800. The topological polar surface area (TPSA) is 58.6 Å². The number of hydrogen-bond donors (Lipinski definition) is 2. The molecule has 0 saturated heterocycles. The summed E-state index contributed by atoms with van der Waals surface area (Å²) in [6.07, 6.45) is 1.83. The lowest BCUT2D eigenvalue weighted by atomic mass is 10.7. The van der Waals surface area contributed by atoms with Gasteiger partial charge in [0.2, 0.25) is 0 Å². The number of amides is 1. The molecular formula is C5H11NO3S. The van der Waals surface area contributed by atoms with Gasteiger partial charge in [0.15, 0.2) is 0 Å². The Morgan fingerprint density at radius 2 is 2.50 bits per heavy atom. The third kappa shape index (κ3) is 5.87. The van der Waals surface area contributed by atoms with Crippen molar-refractivity contribution in [1.29, 1.82) is 0 Å². The van der Waals surface area contributed by atoms with Crippen LogP contribution >= 0.6 is 11.8 Å². The molecule has 0 radical (unpaired) electrons. The summed E-state index contributed by atoms with van der Waals surface area (Å²) in [6, 6.07) is 0. The van der Waals surface area contributed by atoms with Crippen LogP contribution in [0.25, 0.3) is 0 Å². The number of rotatable bonds is 5. The van der Waals surface area contributed by atoms with E-state index < -0.39 is 0 Å². The standard InChI is InChI=1S/C5H11NO3S/c1-10-4-5(8)6-9-3-2-7/h7H,2-4H2,1H3,(H,6,8). The first-order valence-corrected chi connectivity index (χ1v) is 4.21. The molecule has 0 aliphatic carbocycles. The van der Waals surface area contributed by atoms with E-state index in [9.17, 15) is 4.79 Å². The number of thioether (sulfide) groups is 1. The van der Waals surface area contributed by atoms with E-state index in [1.807, 2.05) is 6.26 Å². The Hall–Kier alpha value is -0.260. The highest BCUT2D eigenvalue weighted by atomic mass is 32.2. The van der Waals surface area contributed by atoms with Crippen LogP contribution in [-0.4, -0.2) is 36.2 Å². The molecule has 0 unspecified atom stereocenters. The first-order chi connectivity index (χ1) is 4.81. The molecule has 0 spiro atoms. The number of hydrogen-bond acceptors (Lipinski definition) is 4.